The molecule has 0 radical (unpaired) electrons. The highest BCUT2D eigenvalue weighted by molar-refractivity contribution is 7.26. The highest BCUT2D eigenvalue weighted by atomic mass is 32.1. The first kappa shape index (κ1) is 23.9. The van der Waals surface area contributed by atoms with Gasteiger partial charge >= 0.3 is 0 Å². The number of pyridine rings is 1. The van der Waals surface area contributed by atoms with Crippen LogP contribution in [-0.4, -0.2) is 4.98 Å². The first-order chi connectivity index (χ1) is 20.6. The molecule has 1 nitrogen and oxygen atoms in total. The summed E-state index contributed by atoms with van der Waals surface area (Å²) in [5, 5.41) is 6.40. The average Bonchev–Trinajstić information content (AvgIpc) is 3.53. The number of benzene rings is 6. The Labute approximate surface area is 248 Å². The summed E-state index contributed by atoms with van der Waals surface area (Å²) < 4.78 is 2.68. The second-order valence-electron chi connectivity index (χ2n) is 11.9. The van der Waals surface area contributed by atoms with E-state index in [1.807, 2.05) is 11.3 Å². The Kier molecular flexibility index (Phi) is 4.89. The van der Waals surface area contributed by atoms with Gasteiger partial charge in [0.15, 0.2) is 0 Å². The van der Waals surface area contributed by atoms with Crippen LogP contribution in [0.1, 0.15) is 25.0 Å². The Morgan fingerprint density at radius 2 is 1.21 bits per heavy atom. The lowest BCUT2D eigenvalue weighted by Crippen LogP contribution is -2.14. The molecule has 0 saturated heterocycles. The van der Waals surface area contributed by atoms with Gasteiger partial charge in [0.2, 0.25) is 0 Å². The zero-order valence-electron chi connectivity index (χ0n) is 23.5. The second kappa shape index (κ2) is 8.61. The van der Waals surface area contributed by atoms with Crippen LogP contribution >= 0.6 is 11.3 Å². The van der Waals surface area contributed by atoms with Crippen LogP contribution in [0.2, 0.25) is 0 Å². The number of rotatable bonds is 2. The number of hydrogen-bond acceptors (Lipinski definition) is 2. The molecule has 0 atom stereocenters. The average molecular weight is 554 g/mol. The number of thiophene rings is 1. The Morgan fingerprint density at radius 1 is 0.524 bits per heavy atom. The number of hydrogen-bond donors (Lipinski definition) is 0. The smallest absolute Gasteiger partial charge is 0.0788 e. The van der Waals surface area contributed by atoms with E-state index in [-0.39, 0.29) is 5.41 Å². The fourth-order valence-electron chi connectivity index (χ4n) is 7.24. The highest BCUT2D eigenvalue weighted by Gasteiger charge is 2.36. The quantitative estimate of drug-likeness (QED) is 0.194. The van der Waals surface area contributed by atoms with Crippen molar-refractivity contribution in [1.82, 2.24) is 4.98 Å². The monoisotopic (exact) mass is 553 g/mol. The topological polar surface area (TPSA) is 12.9 Å². The fraction of sp³-hybridized carbons (Fsp3) is 0.0750. The van der Waals surface area contributed by atoms with Crippen molar-refractivity contribution in [2.45, 2.75) is 19.3 Å². The fourth-order valence-corrected chi connectivity index (χ4v) is 8.48. The van der Waals surface area contributed by atoms with E-state index in [1.165, 1.54) is 69.7 Å². The molecule has 2 aromatic heterocycles. The van der Waals surface area contributed by atoms with E-state index in [0.717, 1.165) is 16.8 Å². The van der Waals surface area contributed by atoms with Crippen molar-refractivity contribution >= 4 is 53.2 Å². The van der Waals surface area contributed by atoms with Gasteiger partial charge in [0.25, 0.3) is 0 Å². The normalized spacial score (nSPS) is 13.7. The molecular weight excluding hydrogens is 527 g/mol. The number of fused-ring (bicyclic) bond motifs is 10. The molecule has 1 aliphatic rings. The van der Waals surface area contributed by atoms with Gasteiger partial charge in [-0.3, -0.25) is 0 Å². The highest BCUT2D eigenvalue weighted by Crippen LogP contribution is 2.53. The van der Waals surface area contributed by atoms with Crippen molar-refractivity contribution < 1.29 is 0 Å². The third kappa shape index (κ3) is 3.22. The minimum atomic E-state index is -0.0418. The lowest BCUT2D eigenvalue weighted by molar-refractivity contribution is 0.661. The van der Waals surface area contributed by atoms with E-state index in [4.69, 9.17) is 4.98 Å². The largest absolute Gasteiger partial charge is 0.247 e. The molecular formula is C40H27NS. The van der Waals surface area contributed by atoms with Crippen LogP contribution in [0.5, 0.6) is 0 Å². The Bertz CT molecular complexity index is 2370. The summed E-state index contributed by atoms with van der Waals surface area (Å²) in [6, 6.07) is 46.6. The molecule has 198 valence electrons. The van der Waals surface area contributed by atoms with Gasteiger partial charge in [-0.1, -0.05) is 129 Å². The predicted octanol–water partition coefficient (Wildman–Crippen LogP) is 11.4. The zero-order valence-corrected chi connectivity index (χ0v) is 24.3. The van der Waals surface area contributed by atoms with Gasteiger partial charge in [-0.15, -0.1) is 11.3 Å². The predicted molar refractivity (Wildman–Crippen MR) is 181 cm³/mol. The van der Waals surface area contributed by atoms with Crippen LogP contribution in [0, 0.1) is 0 Å². The molecule has 0 unspecified atom stereocenters. The number of nitrogens with zero attached hydrogens (tertiary/aromatic N) is 1. The minimum absolute atomic E-state index is 0.0418. The molecule has 2 heterocycles. The van der Waals surface area contributed by atoms with E-state index in [0.29, 0.717) is 0 Å². The summed E-state index contributed by atoms with van der Waals surface area (Å²) in [5.41, 5.74) is 11.2. The summed E-state index contributed by atoms with van der Waals surface area (Å²) in [4.78, 5) is 5.27. The van der Waals surface area contributed by atoms with Crippen LogP contribution in [-0.2, 0) is 5.41 Å². The second-order valence-corrected chi connectivity index (χ2v) is 13.0. The van der Waals surface area contributed by atoms with Crippen molar-refractivity contribution in [2.75, 3.05) is 0 Å². The van der Waals surface area contributed by atoms with Gasteiger partial charge in [0.1, 0.15) is 0 Å². The van der Waals surface area contributed by atoms with Crippen LogP contribution in [0.3, 0.4) is 0 Å². The maximum Gasteiger partial charge on any atom is 0.0788 e. The van der Waals surface area contributed by atoms with E-state index >= 15 is 0 Å². The molecule has 0 bridgehead atoms. The molecule has 0 aliphatic heterocycles. The van der Waals surface area contributed by atoms with Gasteiger partial charge < -0.3 is 0 Å². The summed E-state index contributed by atoms with van der Waals surface area (Å²) in [7, 11) is 0. The SMILES string of the molecule is CC1(C)c2ccccc2-c2c1ccc1c(-c3ccc(-c4cccc5c4sc4ccccc45)cc3)nc3ccccc3c21. The molecule has 0 amide bonds. The van der Waals surface area contributed by atoms with Crippen molar-refractivity contribution in [3.8, 4) is 33.5 Å². The van der Waals surface area contributed by atoms with Crippen molar-refractivity contribution in [3.05, 3.63) is 139 Å². The third-order valence-corrected chi connectivity index (χ3v) is 10.5. The van der Waals surface area contributed by atoms with Crippen LogP contribution in [0.15, 0.2) is 127 Å². The van der Waals surface area contributed by atoms with Crippen LogP contribution in [0.25, 0.3) is 75.4 Å². The third-order valence-electron chi connectivity index (χ3n) is 9.28. The van der Waals surface area contributed by atoms with E-state index < -0.39 is 0 Å². The van der Waals surface area contributed by atoms with E-state index in [2.05, 4.69) is 141 Å². The number of para-hydroxylation sites is 1. The van der Waals surface area contributed by atoms with E-state index in [1.54, 1.807) is 0 Å². The zero-order chi connectivity index (χ0) is 28.0. The molecule has 8 aromatic rings. The van der Waals surface area contributed by atoms with E-state index in [9.17, 15) is 0 Å². The van der Waals surface area contributed by atoms with Crippen molar-refractivity contribution in [1.29, 1.82) is 0 Å². The van der Waals surface area contributed by atoms with Gasteiger partial charge in [-0.25, -0.2) is 4.98 Å². The molecule has 0 fully saturated rings. The maximum atomic E-state index is 5.27. The lowest BCUT2D eigenvalue weighted by atomic mass is 9.82. The first-order valence-electron chi connectivity index (χ1n) is 14.6. The van der Waals surface area contributed by atoms with Crippen molar-refractivity contribution in [2.24, 2.45) is 0 Å². The summed E-state index contributed by atoms with van der Waals surface area (Å²) in [6.45, 7) is 4.70. The molecule has 9 rings (SSSR count). The molecule has 2 heteroatoms. The standard InChI is InChI=1S/C40H27NS/c1-40(2)32-15-6-3-11-29(32)37-33(40)23-22-31-36(37)30-12-4-7-16-34(30)41-38(31)25-20-18-24(19-21-25)26-13-9-14-28-27-10-5-8-17-35(27)42-39(26)28/h3-23H,1-2H3. The Balaban J connectivity index is 1.27. The molecule has 0 N–H and O–H groups in total. The Hall–Kier alpha value is -4.79. The minimum Gasteiger partial charge on any atom is -0.247 e. The lowest BCUT2D eigenvalue weighted by Gasteiger charge is -2.22. The molecule has 0 saturated carbocycles. The van der Waals surface area contributed by atoms with Gasteiger partial charge in [-0.05, 0) is 45.5 Å². The summed E-state index contributed by atoms with van der Waals surface area (Å²) >= 11 is 1.88. The molecule has 42 heavy (non-hydrogen) atoms. The van der Waals surface area contributed by atoms with Gasteiger partial charge in [0.05, 0.1) is 11.2 Å². The van der Waals surface area contributed by atoms with Crippen molar-refractivity contribution in [3.63, 3.8) is 0 Å². The van der Waals surface area contributed by atoms with Gasteiger partial charge in [0, 0.05) is 47.3 Å². The molecule has 1 aliphatic carbocycles. The summed E-state index contributed by atoms with van der Waals surface area (Å²) in [5.74, 6) is 0. The molecule has 0 spiro atoms. The first-order valence-corrected chi connectivity index (χ1v) is 15.4. The van der Waals surface area contributed by atoms with Crippen LogP contribution in [0.4, 0.5) is 0 Å². The summed E-state index contributed by atoms with van der Waals surface area (Å²) in [6.07, 6.45) is 0. The Morgan fingerprint density at radius 3 is 2.10 bits per heavy atom. The maximum absolute atomic E-state index is 5.27. The number of aromatic nitrogens is 1. The molecule has 6 aromatic carbocycles. The van der Waals surface area contributed by atoms with Crippen LogP contribution < -0.4 is 0 Å². The van der Waals surface area contributed by atoms with Gasteiger partial charge in [-0.2, -0.15) is 0 Å².